The SMILES string of the molecule is N#CCCN(CCN1CCOCC1)C(=O)c1nc(Cl)ccc1Cl. The lowest BCUT2D eigenvalue weighted by molar-refractivity contribution is 0.0325. The van der Waals surface area contributed by atoms with Crippen molar-refractivity contribution < 1.29 is 9.53 Å². The van der Waals surface area contributed by atoms with Crippen molar-refractivity contribution in [2.24, 2.45) is 0 Å². The molecule has 0 spiro atoms. The maximum atomic E-state index is 12.7. The molecule has 1 fully saturated rings. The van der Waals surface area contributed by atoms with Crippen LogP contribution in [0.25, 0.3) is 0 Å². The van der Waals surface area contributed by atoms with E-state index < -0.39 is 0 Å². The van der Waals surface area contributed by atoms with Gasteiger partial charge in [0.05, 0.1) is 30.7 Å². The highest BCUT2D eigenvalue weighted by Crippen LogP contribution is 2.18. The summed E-state index contributed by atoms with van der Waals surface area (Å²) >= 11 is 11.9. The monoisotopic (exact) mass is 356 g/mol. The maximum absolute atomic E-state index is 12.7. The molecule has 6 nitrogen and oxygen atoms in total. The highest BCUT2D eigenvalue weighted by molar-refractivity contribution is 6.34. The van der Waals surface area contributed by atoms with Gasteiger partial charge < -0.3 is 9.64 Å². The van der Waals surface area contributed by atoms with Crippen molar-refractivity contribution in [3.63, 3.8) is 0 Å². The number of morpholine rings is 1. The smallest absolute Gasteiger partial charge is 0.274 e. The second-order valence-electron chi connectivity index (χ2n) is 5.12. The van der Waals surface area contributed by atoms with E-state index >= 15 is 0 Å². The van der Waals surface area contributed by atoms with Crippen LogP contribution in [-0.4, -0.2) is 66.6 Å². The summed E-state index contributed by atoms with van der Waals surface area (Å²) in [6.07, 6.45) is 0.257. The zero-order valence-corrected chi connectivity index (χ0v) is 14.2. The van der Waals surface area contributed by atoms with Gasteiger partial charge in [0.15, 0.2) is 0 Å². The number of aromatic nitrogens is 1. The number of pyridine rings is 1. The first-order valence-electron chi connectivity index (χ1n) is 7.40. The number of halogens is 2. The number of carbonyl (C=O) groups excluding carboxylic acids is 1. The number of amides is 1. The van der Waals surface area contributed by atoms with E-state index in [0.29, 0.717) is 26.3 Å². The Kier molecular flexibility index (Phi) is 7.06. The fraction of sp³-hybridized carbons (Fsp3) is 0.533. The molecule has 1 aromatic rings. The molecule has 2 rings (SSSR count). The van der Waals surface area contributed by atoms with Crippen molar-refractivity contribution in [2.45, 2.75) is 6.42 Å². The molecule has 0 saturated carbocycles. The largest absolute Gasteiger partial charge is 0.379 e. The molecule has 1 amide bonds. The van der Waals surface area contributed by atoms with Gasteiger partial charge in [-0.3, -0.25) is 9.69 Å². The minimum Gasteiger partial charge on any atom is -0.379 e. The van der Waals surface area contributed by atoms with E-state index in [9.17, 15) is 4.79 Å². The average Bonchev–Trinajstić information content (AvgIpc) is 2.57. The van der Waals surface area contributed by atoms with Gasteiger partial charge in [0.25, 0.3) is 5.91 Å². The lowest BCUT2D eigenvalue weighted by Gasteiger charge is -2.29. The van der Waals surface area contributed by atoms with E-state index in [1.54, 1.807) is 11.0 Å². The predicted octanol–water partition coefficient (Wildman–Crippen LogP) is 2.08. The highest BCUT2D eigenvalue weighted by atomic mass is 35.5. The molecule has 2 heterocycles. The van der Waals surface area contributed by atoms with Gasteiger partial charge in [-0.05, 0) is 12.1 Å². The van der Waals surface area contributed by atoms with Crippen LogP contribution in [0.15, 0.2) is 12.1 Å². The van der Waals surface area contributed by atoms with Gasteiger partial charge in [0.2, 0.25) is 0 Å². The van der Waals surface area contributed by atoms with Crippen molar-refractivity contribution in [1.29, 1.82) is 5.26 Å². The number of carbonyl (C=O) groups is 1. The molecule has 124 valence electrons. The van der Waals surface area contributed by atoms with E-state index in [2.05, 4.69) is 16.0 Å². The van der Waals surface area contributed by atoms with Crippen LogP contribution < -0.4 is 0 Å². The minimum atomic E-state index is -0.305. The van der Waals surface area contributed by atoms with Gasteiger partial charge in [-0.25, -0.2) is 4.98 Å². The second-order valence-corrected chi connectivity index (χ2v) is 5.91. The predicted molar refractivity (Wildman–Crippen MR) is 87.6 cm³/mol. The fourth-order valence-corrected chi connectivity index (χ4v) is 2.64. The normalized spacial score (nSPS) is 15.2. The van der Waals surface area contributed by atoms with Crippen LogP contribution in [0, 0.1) is 11.3 Å². The van der Waals surface area contributed by atoms with Crippen LogP contribution >= 0.6 is 23.2 Å². The third-order valence-corrected chi connectivity index (χ3v) is 4.10. The van der Waals surface area contributed by atoms with Gasteiger partial charge in [-0.1, -0.05) is 23.2 Å². The van der Waals surface area contributed by atoms with Gasteiger partial charge in [0.1, 0.15) is 10.8 Å². The molecule has 8 heteroatoms. The number of nitrogens with zero attached hydrogens (tertiary/aromatic N) is 4. The molecule has 1 saturated heterocycles. The van der Waals surface area contributed by atoms with Crippen molar-refractivity contribution in [3.05, 3.63) is 28.0 Å². The van der Waals surface area contributed by atoms with Gasteiger partial charge in [-0.15, -0.1) is 0 Å². The molecule has 0 atom stereocenters. The van der Waals surface area contributed by atoms with Crippen LogP contribution in [0.2, 0.25) is 10.2 Å². The van der Waals surface area contributed by atoms with Crippen molar-refractivity contribution in [2.75, 3.05) is 45.9 Å². The van der Waals surface area contributed by atoms with Gasteiger partial charge >= 0.3 is 0 Å². The number of hydrogen-bond donors (Lipinski definition) is 0. The van der Waals surface area contributed by atoms with Crippen molar-refractivity contribution in [3.8, 4) is 6.07 Å². The number of ether oxygens (including phenoxy) is 1. The topological polar surface area (TPSA) is 69.5 Å². The van der Waals surface area contributed by atoms with E-state index in [-0.39, 0.29) is 28.2 Å². The molecule has 0 bridgehead atoms. The van der Waals surface area contributed by atoms with Gasteiger partial charge in [-0.2, -0.15) is 5.26 Å². The standard InChI is InChI=1S/C15H18Cl2N4O2/c16-12-2-3-13(17)19-14(12)15(22)21(5-1-4-18)7-6-20-8-10-23-11-9-20/h2-3H,1,5-11H2. The Morgan fingerprint density at radius 2 is 2.09 bits per heavy atom. The van der Waals surface area contributed by atoms with Crippen LogP contribution in [0.1, 0.15) is 16.9 Å². The Balaban J connectivity index is 2.05. The number of rotatable bonds is 6. The quantitative estimate of drug-likeness (QED) is 0.729. The maximum Gasteiger partial charge on any atom is 0.274 e. The first kappa shape index (κ1) is 18.0. The van der Waals surface area contributed by atoms with Crippen molar-refractivity contribution in [1.82, 2.24) is 14.8 Å². The summed E-state index contributed by atoms with van der Waals surface area (Å²) in [5.74, 6) is -0.305. The summed E-state index contributed by atoms with van der Waals surface area (Å²) in [6.45, 7) is 4.66. The molecule has 23 heavy (non-hydrogen) atoms. The lowest BCUT2D eigenvalue weighted by Crippen LogP contribution is -2.43. The molecule has 1 aromatic heterocycles. The number of hydrogen-bond acceptors (Lipinski definition) is 5. The van der Waals surface area contributed by atoms with Crippen LogP contribution in [0.3, 0.4) is 0 Å². The van der Waals surface area contributed by atoms with E-state index in [0.717, 1.165) is 19.6 Å². The summed E-state index contributed by atoms with van der Waals surface area (Å²) < 4.78 is 5.31. The van der Waals surface area contributed by atoms with E-state index in [4.69, 9.17) is 33.2 Å². The molecule has 0 N–H and O–H groups in total. The summed E-state index contributed by atoms with van der Waals surface area (Å²) in [5.41, 5.74) is 0.124. The number of nitriles is 1. The summed E-state index contributed by atoms with van der Waals surface area (Å²) in [7, 11) is 0. The lowest BCUT2D eigenvalue weighted by atomic mass is 10.2. The fourth-order valence-electron chi connectivity index (χ4n) is 2.30. The van der Waals surface area contributed by atoms with Crippen molar-refractivity contribution >= 4 is 29.1 Å². The third-order valence-electron chi connectivity index (χ3n) is 3.59. The third kappa shape index (κ3) is 5.33. The molecule has 0 aromatic carbocycles. The molecule has 1 aliphatic rings. The molecular formula is C15H18Cl2N4O2. The molecule has 1 aliphatic heterocycles. The second kappa shape index (κ2) is 9.04. The Morgan fingerprint density at radius 1 is 1.35 bits per heavy atom. The van der Waals surface area contributed by atoms with Crippen LogP contribution in [0.5, 0.6) is 0 Å². The Bertz CT molecular complexity index is 585. The summed E-state index contributed by atoms with van der Waals surface area (Å²) in [6, 6.07) is 5.15. The molecule has 0 radical (unpaired) electrons. The van der Waals surface area contributed by atoms with Crippen LogP contribution in [-0.2, 0) is 4.74 Å². The Hall–Kier alpha value is -1.39. The average molecular weight is 357 g/mol. The van der Waals surface area contributed by atoms with Gasteiger partial charge in [0, 0.05) is 32.7 Å². The Morgan fingerprint density at radius 3 is 2.78 bits per heavy atom. The van der Waals surface area contributed by atoms with Crippen LogP contribution in [0.4, 0.5) is 0 Å². The molecular weight excluding hydrogens is 339 g/mol. The first-order valence-corrected chi connectivity index (χ1v) is 8.16. The molecule has 0 unspecified atom stereocenters. The summed E-state index contributed by atoms with van der Waals surface area (Å²) in [4.78, 5) is 20.5. The molecule has 0 aliphatic carbocycles. The zero-order valence-electron chi connectivity index (χ0n) is 12.7. The zero-order chi connectivity index (χ0) is 16.7. The summed E-state index contributed by atoms with van der Waals surface area (Å²) in [5, 5.41) is 9.28. The first-order chi connectivity index (χ1) is 11.1. The minimum absolute atomic E-state index is 0.124. The van der Waals surface area contributed by atoms with E-state index in [1.165, 1.54) is 6.07 Å². The Labute approximate surface area is 145 Å². The van der Waals surface area contributed by atoms with E-state index in [1.807, 2.05) is 0 Å². The highest BCUT2D eigenvalue weighted by Gasteiger charge is 2.21.